The van der Waals surface area contributed by atoms with Crippen molar-refractivity contribution >= 4 is 78.4 Å². The van der Waals surface area contributed by atoms with Crippen LogP contribution in [0.2, 0.25) is 10.0 Å². The fourth-order valence-electron chi connectivity index (χ4n) is 0.850. The zero-order chi connectivity index (χ0) is 15.7. The molecule has 1 aromatic carbocycles. The third-order valence-electron chi connectivity index (χ3n) is 1.91. The van der Waals surface area contributed by atoms with Gasteiger partial charge in [0.25, 0.3) is 0 Å². The van der Waals surface area contributed by atoms with E-state index in [-0.39, 0.29) is 6.03 Å². The van der Waals surface area contributed by atoms with Gasteiger partial charge in [-0.05, 0) is 18.2 Å². The van der Waals surface area contributed by atoms with E-state index in [0.717, 1.165) is 5.33 Å². The molecule has 1 unspecified atom stereocenters. The normalized spacial score (nSPS) is 11.2. The quantitative estimate of drug-likeness (QED) is 0.585. The molecular formula is C12H15Br2Cl3N2O. The highest BCUT2D eigenvalue weighted by Gasteiger charge is 2.05. The van der Waals surface area contributed by atoms with Crippen LogP contribution in [0.4, 0.5) is 10.5 Å². The van der Waals surface area contributed by atoms with E-state index in [1.165, 1.54) is 4.90 Å². The molecular weight excluding hydrogens is 454 g/mol. The Labute approximate surface area is 151 Å². The van der Waals surface area contributed by atoms with Crippen molar-refractivity contribution in [1.82, 2.24) is 4.90 Å². The van der Waals surface area contributed by atoms with Crippen LogP contribution in [0.1, 0.15) is 0 Å². The van der Waals surface area contributed by atoms with Gasteiger partial charge in [-0.3, -0.25) is 0 Å². The maximum Gasteiger partial charge on any atom is 0.321 e. The number of carbonyl (C=O) groups is 1. The van der Waals surface area contributed by atoms with E-state index < -0.39 is 0 Å². The fourth-order valence-corrected chi connectivity index (χ4v) is 1.75. The lowest BCUT2D eigenvalue weighted by atomic mass is 10.3. The van der Waals surface area contributed by atoms with E-state index in [0.29, 0.717) is 26.4 Å². The van der Waals surface area contributed by atoms with E-state index in [9.17, 15) is 4.79 Å². The maximum absolute atomic E-state index is 11.2. The molecule has 0 aliphatic rings. The van der Waals surface area contributed by atoms with Gasteiger partial charge in [0, 0.05) is 35.8 Å². The standard InChI is InChI=1S/C9H10Cl2N2O.C3H5Br2Cl/c1-13(2)9(14)12-6-3-4-7(10)8(11)5-6;4-1-3(5)2-6/h3-5H,1-2H3,(H,12,14);3H,1-2H2. The van der Waals surface area contributed by atoms with Gasteiger partial charge in [-0.2, -0.15) is 0 Å². The summed E-state index contributed by atoms with van der Waals surface area (Å²) in [7, 11) is 3.32. The number of nitrogens with one attached hydrogen (secondary N) is 1. The van der Waals surface area contributed by atoms with Crippen molar-refractivity contribution in [2.75, 3.05) is 30.6 Å². The van der Waals surface area contributed by atoms with Gasteiger partial charge in [0.15, 0.2) is 0 Å². The second kappa shape index (κ2) is 11.0. The van der Waals surface area contributed by atoms with Gasteiger partial charge in [-0.25, -0.2) is 4.79 Å². The number of nitrogens with zero attached hydrogens (tertiary/aromatic N) is 1. The minimum absolute atomic E-state index is 0.205. The van der Waals surface area contributed by atoms with Crippen molar-refractivity contribution in [2.45, 2.75) is 4.83 Å². The molecule has 0 aliphatic heterocycles. The largest absolute Gasteiger partial charge is 0.331 e. The van der Waals surface area contributed by atoms with Crippen LogP contribution in [-0.4, -0.2) is 41.1 Å². The number of hydrogen-bond acceptors (Lipinski definition) is 1. The third kappa shape index (κ3) is 8.57. The van der Waals surface area contributed by atoms with Gasteiger partial charge < -0.3 is 10.2 Å². The average molecular weight is 469 g/mol. The Bertz CT molecular complexity index is 429. The van der Waals surface area contributed by atoms with Gasteiger partial charge in [0.2, 0.25) is 0 Å². The highest BCUT2D eigenvalue weighted by Crippen LogP contribution is 2.24. The number of carbonyl (C=O) groups excluding carboxylic acids is 1. The molecule has 2 amide bonds. The third-order valence-corrected chi connectivity index (χ3v) is 5.69. The fraction of sp³-hybridized carbons (Fsp3) is 0.417. The van der Waals surface area contributed by atoms with Gasteiger partial charge >= 0.3 is 6.03 Å². The number of urea groups is 1. The van der Waals surface area contributed by atoms with Crippen LogP contribution in [0.3, 0.4) is 0 Å². The van der Waals surface area contributed by atoms with Crippen molar-refractivity contribution in [2.24, 2.45) is 0 Å². The lowest BCUT2D eigenvalue weighted by Gasteiger charge is -2.12. The van der Waals surface area contributed by atoms with Crippen molar-refractivity contribution < 1.29 is 4.79 Å². The van der Waals surface area contributed by atoms with E-state index in [1.807, 2.05) is 0 Å². The smallest absolute Gasteiger partial charge is 0.321 e. The first-order valence-corrected chi connectivity index (χ1v) is 8.83. The number of benzene rings is 1. The molecule has 20 heavy (non-hydrogen) atoms. The van der Waals surface area contributed by atoms with Crippen LogP contribution in [0.25, 0.3) is 0 Å². The minimum atomic E-state index is -0.205. The summed E-state index contributed by atoms with van der Waals surface area (Å²) in [6.45, 7) is 0. The molecule has 0 aromatic heterocycles. The molecule has 1 aromatic rings. The Morgan fingerprint density at radius 1 is 1.35 bits per heavy atom. The first kappa shape index (κ1) is 20.3. The number of halogens is 5. The van der Waals surface area contributed by atoms with Crippen molar-refractivity contribution in [3.05, 3.63) is 28.2 Å². The van der Waals surface area contributed by atoms with Crippen molar-refractivity contribution in [3.63, 3.8) is 0 Å². The van der Waals surface area contributed by atoms with E-state index >= 15 is 0 Å². The second-order valence-corrected chi connectivity index (χ2v) is 6.92. The van der Waals surface area contributed by atoms with Crippen LogP contribution in [0, 0.1) is 0 Å². The first-order chi connectivity index (χ1) is 9.31. The number of amides is 2. The summed E-state index contributed by atoms with van der Waals surface area (Å²) in [5.41, 5.74) is 0.623. The number of alkyl halides is 3. The second-order valence-electron chi connectivity index (χ2n) is 3.86. The predicted molar refractivity (Wildman–Crippen MR) is 96.4 cm³/mol. The Morgan fingerprint density at radius 3 is 2.30 bits per heavy atom. The van der Waals surface area contributed by atoms with E-state index in [1.54, 1.807) is 32.3 Å². The lowest BCUT2D eigenvalue weighted by molar-refractivity contribution is 0.230. The molecule has 0 saturated carbocycles. The van der Waals surface area contributed by atoms with Gasteiger partial charge in [0.05, 0.1) is 10.0 Å². The number of anilines is 1. The molecule has 1 N–H and O–H groups in total. The van der Waals surface area contributed by atoms with Crippen LogP contribution in [0.5, 0.6) is 0 Å². The summed E-state index contributed by atoms with van der Waals surface area (Å²) in [5, 5.41) is 4.47. The van der Waals surface area contributed by atoms with Crippen LogP contribution in [0.15, 0.2) is 18.2 Å². The van der Waals surface area contributed by atoms with E-state index in [2.05, 4.69) is 37.2 Å². The van der Waals surface area contributed by atoms with Crippen LogP contribution in [-0.2, 0) is 0 Å². The Balaban J connectivity index is 0.000000511. The highest BCUT2D eigenvalue weighted by atomic mass is 79.9. The summed E-state index contributed by atoms with van der Waals surface area (Å²) in [5.74, 6) is 0.672. The molecule has 1 atom stereocenters. The molecule has 1 rings (SSSR count). The summed E-state index contributed by atoms with van der Waals surface area (Å²) < 4.78 is 0. The van der Waals surface area contributed by atoms with Gasteiger partial charge in [0.1, 0.15) is 0 Å². The number of hydrogen-bond donors (Lipinski definition) is 1. The molecule has 0 spiro atoms. The summed E-state index contributed by atoms with van der Waals surface area (Å²) in [6, 6.07) is 4.72. The average Bonchev–Trinajstić information content (AvgIpc) is 2.42. The van der Waals surface area contributed by atoms with Crippen molar-refractivity contribution in [3.8, 4) is 0 Å². The summed E-state index contributed by atoms with van der Waals surface area (Å²) in [4.78, 5) is 13.1. The molecule has 8 heteroatoms. The molecule has 0 bridgehead atoms. The molecule has 0 radical (unpaired) electrons. The molecule has 0 saturated heterocycles. The molecule has 0 fully saturated rings. The predicted octanol–water partition coefficient (Wildman–Crippen LogP) is 5.47. The molecule has 3 nitrogen and oxygen atoms in total. The summed E-state index contributed by atoms with van der Waals surface area (Å²) in [6.07, 6.45) is 0. The van der Waals surface area contributed by atoms with Crippen molar-refractivity contribution in [1.29, 1.82) is 0 Å². The lowest BCUT2D eigenvalue weighted by Crippen LogP contribution is -2.27. The maximum atomic E-state index is 11.2. The van der Waals surface area contributed by atoms with Gasteiger partial charge in [-0.1, -0.05) is 55.1 Å². The monoisotopic (exact) mass is 466 g/mol. The molecule has 114 valence electrons. The zero-order valence-electron chi connectivity index (χ0n) is 11.0. The Kier molecular flexibility index (Phi) is 11.1. The highest BCUT2D eigenvalue weighted by molar-refractivity contribution is 9.12. The van der Waals surface area contributed by atoms with Gasteiger partial charge in [-0.15, -0.1) is 11.6 Å². The topological polar surface area (TPSA) is 32.3 Å². The van der Waals surface area contributed by atoms with E-state index in [4.69, 9.17) is 34.8 Å². The van der Waals surface area contributed by atoms with Crippen LogP contribution < -0.4 is 5.32 Å². The SMILES string of the molecule is CN(C)C(=O)Nc1ccc(Cl)c(Cl)c1.ClCC(Br)CBr. The number of rotatable bonds is 3. The zero-order valence-corrected chi connectivity index (χ0v) is 16.4. The first-order valence-electron chi connectivity index (χ1n) is 5.51. The Morgan fingerprint density at radius 2 is 1.95 bits per heavy atom. The Hall–Kier alpha value is 0.320. The molecule has 0 heterocycles. The van der Waals surface area contributed by atoms with Crippen LogP contribution >= 0.6 is 66.7 Å². The molecule has 0 aliphatic carbocycles. The summed E-state index contributed by atoms with van der Waals surface area (Å²) >= 11 is 23.4. The minimum Gasteiger partial charge on any atom is -0.331 e.